The van der Waals surface area contributed by atoms with Crippen LogP contribution in [0.4, 0.5) is 10.5 Å². The first-order valence-electron chi connectivity index (χ1n) is 11.6. The van der Waals surface area contributed by atoms with E-state index in [9.17, 15) is 27.6 Å². The van der Waals surface area contributed by atoms with Crippen LogP contribution in [0.5, 0.6) is 11.5 Å². The molecule has 2 aliphatic rings. The third-order valence-electron chi connectivity index (χ3n) is 5.80. The van der Waals surface area contributed by atoms with Crippen molar-refractivity contribution >= 4 is 56.6 Å². The van der Waals surface area contributed by atoms with Gasteiger partial charge in [0.15, 0.2) is 11.5 Å². The number of thioether (sulfide) groups is 1. The maximum Gasteiger partial charge on any atom is 0.339 e. The Morgan fingerprint density at radius 1 is 1.08 bits per heavy atom. The van der Waals surface area contributed by atoms with Gasteiger partial charge in [0.1, 0.15) is 11.4 Å². The number of rotatable bonds is 8. The van der Waals surface area contributed by atoms with Gasteiger partial charge in [0.2, 0.25) is 11.8 Å². The second-order valence-corrected chi connectivity index (χ2v) is 11.0. The first kappa shape index (κ1) is 27.2. The van der Waals surface area contributed by atoms with E-state index < -0.39 is 21.3 Å². The van der Waals surface area contributed by atoms with Crippen LogP contribution < -0.4 is 14.2 Å². The quantitative estimate of drug-likeness (QED) is 0.382. The standard InChI is InChI=1S/C25H25N3O8S2/c1-16(29)26-18-8-10-19(11-9-18)38(33,34)36-23-17(6-5-7-20(23)35-2)14-21-24(31)28(25(32)37-21)15-22(30)27-12-3-4-13-27/h5-11,14H,3-4,12-13,15H2,1-2H3,(H,26,29)/b21-14-. The van der Waals surface area contributed by atoms with Crippen LogP contribution in [0.2, 0.25) is 0 Å². The Labute approximate surface area is 223 Å². The van der Waals surface area contributed by atoms with E-state index in [1.54, 1.807) is 11.0 Å². The maximum absolute atomic E-state index is 13.0. The van der Waals surface area contributed by atoms with Gasteiger partial charge in [0.05, 0.1) is 12.0 Å². The van der Waals surface area contributed by atoms with Crippen LogP contribution in [0.25, 0.3) is 6.08 Å². The minimum absolute atomic E-state index is 0.0133. The highest BCUT2D eigenvalue weighted by molar-refractivity contribution is 8.18. The van der Waals surface area contributed by atoms with Crippen molar-refractivity contribution in [1.82, 2.24) is 9.80 Å². The topological polar surface area (TPSA) is 139 Å². The second-order valence-electron chi connectivity index (χ2n) is 8.48. The van der Waals surface area contributed by atoms with E-state index in [2.05, 4.69) is 5.32 Å². The summed E-state index contributed by atoms with van der Waals surface area (Å²) in [5.41, 5.74) is 0.590. The summed E-state index contributed by atoms with van der Waals surface area (Å²) in [6.45, 7) is 2.17. The van der Waals surface area contributed by atoms with Crippen LogP contribution in [-0.2, 0) is 24.5 Å². The van der Waals surface area contributed by atoms with Gasteiger partial charge < -0.3 is 19.1 Å². The molecule has 2 fully saturated rings. The fourth-order valence-corrected chi connectivity index (χ4v) is 5.73. The number of imide groups is 1. The van der Waals surface area contributed by atoms with Crippen molar-refractivity contribution in [2.45, 2.75) is 24.7 Å². The summed E-state index contributed by atoms with van der Waals surface area (Å²) < 4.78 is 36.8. The van der Waals surface area contributed by atoms with Crippen LogP contribution in [-0.4, -0.2) is 67.9 Å². The second kappa shape index (κ2) is 11.3. The number of nitrogens with one attached hydrogen (secondary N) is 1. The third kappa shape index (κ3) is 6.00. The predicted octanol–water partition coefficient (Wildman–Crippen LogP) is 3.08. The Morgan fingerprint density at radius 2 is 1.76 bits per heavy atom. The van der Waals surface area contributed by atoms with E-state index in [1.165, 1.54) is 56.5 Å². The van der Waals surface area contributed by atoms with Crippen molar-refractivity contribution in [2.24, 2.45) is 0 Å². The molecule has 2 aliphatic heterocycles. The predicted molar refractivity (Wildman–Crippen MR) is 140 cm³/mol. The molecule has 200 valence electrons. The molecule has 0 bridgehead atoms. The normalized spacial score (nSPS) is 16.7. The molecule has 38 heavy (non-hydrogen) atoms. The molecule has 0 aliphatic carbocycles. The number of benzene rings is 2. The molecule has 11 nitrogen and oxygen atoms in total. The molecule has 13 heteroatoms. The minimum atomic E-state index is -4.35. The van der Waals surface area contributed by atoms with Crippen LogP contribution in [0, 0.1) is 0 Å². The van der Waals surface area contributed by atoms with Gasteiger partial charge in [-0.1, -0.05) is 12.1 Å². The fraction of sp³-hybridized carbons (Fsp3) is 0.280. The van der Waals surface area contributed by atoms with Gasteiger partial charge in [-0.3, -0.25) is 24.1 Å². The number of methoxy groups -OCH3 is 1. The average molecular weight is 560 g/mol. The Bertz CT molecular complexity index is 1410. The summed E-state index contributed by atoms with van der Waals surface area (Å²) in [4.78, 5) is 51.6. The van der Waals surface area contributed by atoms with Gasteiger partial charge in [-0.05, 0) is 61.0 Å². The van der Waals surface area contributed by atoms with Gasteiger partial charge in [-0.25, -0.2) is 0 Å². The molecule has 0 radical (unpaired) electrons. The molecule has 4 amide bonds. The zero-order valence-electron chi connectivity index (χ0n) is 20.6. The molecule has 2 saturated heterocycles. The lowest BCUT2D eigenvalue weighted by Crippen LogP contribution is -2.40. The molecule has 0 spiro atoms. The van der Waals surface area contributed by atoms with Gasteiger partial charge >= 0.3 is 10.1 Å². The number of likely N-dealkylation sites (tertiary alicyclic amines) is 1. The Kier molecular flexibility index (Phi) is 8.07. The third-order valence-corrected chi connectivity index (χ3v) is 7.94. The number of amides is 4. The number of nitrogens with zero attached hydrogens (tertiary/aromatic N) is 2. The Hall–Kier alpha value is -3.84. The first-order valence-corrected chi connectivity index (χ1v) is 13.8. The van der Waals surface area contributed by atoms with Crippen LogP contribution in [0.3, 0.4) is 0 Å². The summed E-state index contributed by atoms with van der Waals surface area (Å²) in [6.07, 6.45) is 3.10. The zero-order valence-corrected chi connectivity index (χ0v) is 22.3. The van der Waals surface area contributed by atoms with Crippen molar-refractivity contribution in [1.29, 1.82) is 0 Å². The molecule has 2 aromatic carbocycles. The molecular weight excluding hydrogens is 534 g/mol. The van der Waals surface area contributed by atoms with E-state index in [1.807, 2.05) is 0 Å². The Morgan fingerprint density at radius 3 is 2.39 bits per heavy atom. The molecule has 2 aromatic rings. The van der Waals surface area contributed by atoms with E-state index in [-0.39, 0.29) is 45.2 Å². The highest BCUT2D eigenvalue weighted by Crippen LogP contribution is 2.38. The highest BCUT2D eigenvalue weighted by atomic mass is 32.2. The lowest BCUT2D eigenvalue weighted by atomic mass is 10.1. The largest absolute Gasteiger partial charge is 0.493 e. The summed E-state index contributed by atoms with van der Waals surface area (Å²) in [6, 6.07) is 9.96. The summed E-state index contributed by atoms with van der Waals surface area (Å²) >= 11 is 0.652. The number of hydrogen-bond acceptors (Lipinski definition) is 9. The van der Waals surface area contributed by atoms with Crippen LogP contribution in [0.1, 0.15) is 25.3 Å². The fourth-order valence-electron chi connectivity index (χ4n) is 3.94. The molecular formula is C25H25N3O8S2. The molecule has 2 heterocycles. The van der Waals surface area contributed by atoms with Crippen LogP contribution >= 0.6 is 11.8 Å². The SMILES string of the molecule is COc1cccc(/C=C2\SC(=O)N(CC(=O)N3CCCC3)C2=O)c1OS(=O)(=O)c1ccc(NC(C)=O)cc1. The number of carbonyl (C=O) groups excluding carboxylic acids is 4. The summed E-state index contributed by atoms with van der Waals surface area (Å²) in [5.74, 6) is -1.35. The molecule has 1 N–H and O–H groups in total. The lowest BCUT2D eigenvalue weighted by molar-refractivity contribution is -0.135. The zero-order chi connectivity index (χ0) is 27.4. The van der Waals surface area contributed by atoms with E-state index in [0.717, 1.165) is 17.7 Å². The first-order chi connectivity index (χ1) is 18.1. The molecule has 0 atom stereocenters. The number of hydrogen-bond donors (Lipinski definition) is 1. The number of para-hydroxylation sites is 1. The number of anilines is 1. The van der Waals surface area contributed by atoms with Gasteiger partial charge in [0.25, 0.3) is 11.1 Å². The van der Waals surface area contributed by atoms with Crippen molar-refractivity contribution < 1.29 is 36.5 Å². The summed E-state index contributed by atoms with van der Waals surface area (Å²) in [5, 5.41) is 1.96. The van der Waals surface area contributed by atoms with Crippen molar-refractivity contribution in [3.05, 3.63) is 52.9 Å². The molecule has 4 rings (SSSR count). The van der Waals surface area contributed by atoms with E-state index >= 15 is 0 Å². The van der Waals surface area contributed by atoms with E-state index in [0.29, 0.717) is 30.5 Å². The molecule has 0 aromatic heterocycles. The average Bonchev–Trinajstić information content (AvgIpc) is 3.50. The Balaban J connectivity index is 1.59. The van der Waals surface area contributed by atoms with Gasteiger partial charge in [-0.15, -0.1) is 0 Å². The van der Waals surface area contributed by atoms with Crippen LogP contribution in [0.15, 0.2) is 52.3 Å². The minimum Gasteiger partial charge on any atom is -0.493 e. The van der Waals surface area contributed by atoms with Gasteiger partial charge in [-0.2, -0.15) is 8.42 Å². The maximum atomic E-state index is 13.0. The molecule has 0 saturated carbocycles. The van der Waals surface area contributed by atoms with Crippen molar-refractivity contribution in [2.75, 3.05) is 32.1 Å². The van der Waals surface area contributed by atoms with Crippen molar-refractivity contribution in [3.8, 4) is 11.5 Å². The lowest BCUT2D eigenvalue weighted by Gasteiger charge is -2.18. The monoisotopic (exact) mass is 559 g/mol. The summed E-state index contributed by atoms with van der Waals surface area (Å²) in [7, 11) is -3.02. The smallest absolute Gasteiger partial charge is 0.339 e. The van der Waals surface area contributed by atoms with E-state index in [4.69, 9.17) is 8.92 Å². The van der Waals surface area contributed by atoms with Crippen molar-refractivity contribution in [3.63, 3.8) is 0 Å². The van der Waals surface area contributed by atoms with Gasteiger partial charge in [0, 0.05) is 31.3 Å². The number of ether oxygens (including phenoxy) is 1. The number of carbonyl (C=O) groups is 4. The molecule has 0 unspecified atom stereocenters. The highest BCUT2D eigenvalue weighted by Gasteiger charge is 2.37.